The highest BCUT2D eigenvalue weighted by atomic mass is 35.5. The maximum absolute atomic E-state index is 13.5. The first kappa shape index (κ1) is 22.6. The van der Waals surface area contributed by atoms with E-state index in [0.29, 0.717) is 11.4 Å². The molecule has 0 N–H and O–H groups in total. The molecular formula is C26H27ClN2O2S. The topological polar surface area (TPSA) is 40.6 Å². The van der Waals surface area contributed by atoms with Gasteiger partial charge in [-0.15, -0.1) is 11.3 Å². The first-order valence-electron chi connectivity index (χ1n) is 10.9. The van der Waals surface area contributed by atoms with Crippen molar-refractivity contribution in [1.82, 2.24) is 0 Å². The third-order valence-corrected chi connectivity index (χ3v) is 7.12. The minimum atomic E-state index is -0.175. The number of carbonyl (C=O) groups excluding carboxylic acids is 2. The lowest BCUT2D eigenvalue weighted by atomic mass is 9.89. The molecule has 2 amide bonds. The quantitative estimate of drug-likeness (QED) is 0.420. The van der Waals surface area contributed by atoms with Crippen molar-refractivity contribution in [2.45, 2.75) is 46.2 Å². The van der Waals surface area contributed by atoms with E-state index in [1.54, 1.807) is 0 Å². The molecular weight excluding hydrogens is 440 g/mol. The van der Waals surface area contributed by atoms with Crippen LogP contribution < -0.4 is 9.80 Å². The van der Waals surface area contributed by atoms with Crippen molar-refractivity contribution >= 4 is 46.1 Å². The Morgan fingerprint density at radius 3 is 2.38 bits per heavy atom. The Kier molecular flexibility index (Phi) is 6.40. The van der Waals surface area contributed by atoms with Crippen molar-refractivity contribution in [3.05, 3.63) is 81.0 Å². The van der Waals surface area contributed by atoms with Gasteiger partial charge in [-0.05, 0) is 68.3 Å². The van der Waals surface area contributed by atoms with Crippen molar-refractivity contribution in [3.8, 4) is 0 Å². The van der Waals surface area contributed by atoms with E-state index >= 15 is 0 Å². The number of halogens is 1. The number of amides is 2. The van der Waals surface area contributed by atoms with Crippen LogP contribution in [0.25, 0.3) is 0 Å². The van der Waals surface area contributed by atoms with Crippen LogP contribution in [-0.2, 0) is 4.79 Å². The van der Waals surface area contributed by atoms with E-state index in [9.17, 15) is 9.59 Å². The summed E-state index contributed by atoms with van der Waals surface area (Å²) >= 11 is 7.63. The van der Waals surface area contributed by atoms with Crippen LogP contribution in [0.3, 0.4) is 0 Å². The van der Waals surface area contributed by atoms with Gasteiger partial charge in [0.15, 0.2) is 0 Å². The summed E-state index contributed by atoms with van der Waals surface area (Å²) in [5.41, 5.74) is 2.66. The van der Waals surface area contributed by atoms with Gasteiger partial charge in [-0.2, -0.15) is 0 Å². The van der Waals surface area contributed by atoms with Gasteiger partial charge in [-0.3, -0.25) is 9.59 Å². The fourth-order valence-electron chi connectivity index (χ4n) is 4.34. The van der Waals surface area contributed by atoms with Crippen molar-refractivity contribution in [2.24, 2.45) is 5.92 Å². The average Bonchev–Trinajstić information content (AvgIpc) is 3.21. The Bertz CT molecular complexity index is 1140. The molecule has 6 heteroatoms. The van der Waals surface area contributed by atoms with Crippen LogP contribution in [0, 0.1) is 12.8 Å². The summed E-state index contributed by atoms with van der Waals surface area (Å²) < 4.78 is 0. The summed E-state index contributed by atoms with van der Waals surface area (Å²) in [5, 5.41) is 0.631. The second-order valence-electron chi connectivity index (χ2n) is 8.58. The third kappa shape index (κ3) is 4.19. The summed E-state index contributed by atoms with van der Waals surface area (Å²) in [4.78, 5) is 32.5. The first-order valence-corrected chi connectivity index (χ1v) is 12.0. The maximum Gasteiger partial charge on any atom is 0.268 e. The zero-order valence-electron chi connectivity index (χ0n) is 18.7. The minimum Gasteiger partial charge on any atom is -0.305 e. The Labute approximate surface area is 198 Å². The molecule has 0 radical (unpaired) electrons. The number of hydrogen-bond donors (Lipinski definition) is 0. The summed E-state index contributed by atoms with van der Waals surface area (Å²) in [6.07, 6.45) is 0.647. The SMILES string of the molecule is Cc1ccc(C(=O)N2c3ccccc3C(N(C(=O)C(C)C)c3ccc(Cl)cc3)CC2C)s1. The summed E-state index contributed by atoms with van der Waals surface area (Å²) in [6.45, 7) is 7.89. The van der Waals surface area contributed by atoms with Crippen LogP contribution in [0.2, 0.25) is 5.02 Å². The number of carbonyl (C=O) groups is 2. The van der Waals surface area contributed by atoms with Crippen molar-refractivity contribution in [3.63, 3.8) is 0 Å². The standard InChI is InChI=1S/C26H27ClN2O2S/c1-16(2)25(30)29(20-12-10-19(27)11-13-20)23-15-17(3)28(22-8-6-5-7-21(22)23)26(31)24-14-9-18(4)32-24/h5-14,16-17,23H,15H2,1-4H3. The lowest BCUT2D eigenvalue weighted by molar-refractivity contribution is -0.122. The Morgan fingerprint density at radius 2 is 1.75 bits per heavy atom. The molecule has 1 aliphatic rings. The number of hydrogen-bond acceptors (Lipinski definition) is 3. The molecule has 4 nitrogen and oxygen atoms in total. The highest BCUT2D eigenvalue weighted by molar-refractivity contribution is 7.14. The molecule has 0 saturated carbocycles. The monoisotopic (exact) mass is 466 g/mol. The van der Waals surface area contributed by atoms with Gasteiger partial charge in [-0.1, -0.05) is 43.6 Å². The molecule has 0 aliphatic carbocycles. The molecule has 3 aromatic rings. The van der Waals surface area contributed by atoms with Gasteiger partial charge >= 0.3 is 0 Å². The predicted molar refractivity (Wildman–Crippen MR) is 133 cm³/mol. The van der Waals surface area contributed by atoms with Crippen molar-refractivity contribution in [1.29, 1.82) is 0 Å². The van der Waals surface area contributed by atoms with Gasteiger partial charge in [0.2, 0.25) is 5.91 Å². The highest BCUT2D eigenvalue weighted by Gasteiger charge is 2.39. The normalized spacial score (nSPS) is 17.9. The molecule has 1 aromatic heterocycles. The van der Waals surface area contributed by atoms with E-state index in [0.717, 1.165) is 26.7 Å². The number of aryl methyl sites for hydroxylation is 1. The third-order valence-electron chi connectivity index (χ3n) is 5.88. The van der Waals surface area contributed by atoms with Crippen molar-refractivity contribution in [2.75, 3.05) is 9.80 Å². The van der Waals surface area contributed by atoms with Crippen LogP contribution >= 0.6 is 22.9 Å². The fourth-order valence-corrected chi connectivity index (χ4v) is 5.28. The molecule has 0 saturated heterocycles. The molecule has 4 rings (SSSR count). The molecule has 2 atom stereocenters. The number of benzene rings is 2. The van der Waals surface area contributed by atoms with Gasteiger partial charge in [0.05, 0.1) is 10.9 Å². The highest BCUT2D eigenvalue weighted by Crippen LogP contribution is 2.43. The van der Waals surface area contributed by atoms with Gasteiger partial charge in [-0.25, -0.2) is 0 Å². The van der Waals surface area contributed by atoms with Gasteiger partial charge in [0, 0.05) is 33.2 Å². The molecule has 32 heavy (non-hydrogen) atoms. The second-order valence-corrected chi connectivity index (χ2v) is 10.3. The summed E-state index contributed by atoms with van der Waals surface area (Å²) in [5.74, 6) is -0.107. The largest absolute Gasteiger partial charge is 0.305 e. The molecule has 2 unspecified atom stereocenters. The molecule has 2 aromatic carbocycles. The lowest BCUT2D eigenvalue weighted by Gasteiger charge is -2.44. The molecule has 0 fully saturated rings. The van der Waals surface area contributed by atoms with Crippen LogP contribution in [0.4, 0.5) is 11.4 Å². The number of rotatable bonds is 4. The number of anilines is 2. The minimum absolute atomic E-state index is 0.00901. The van der Waals surface area contributed by atoms with E-state index in [-0.39, 0.29) is 29.8 Å². The average molecular weight is 467 g/mol. The summed E-state index contributed by atoms with van der Waals surface area (Å²) in [7, 11) is 0. The number of thiophene rings is 1. The zero-order chi connectivity index (χ0) is 23.0. The van der Waals surface area contributed by atoms with Crippen LogP contribution in [0.1, 0.15) is 53.3 Å². The Balaban J connectivity index is 1.80. The fraction of sp³-hybridized carbons (Fsp3) is 0.308. The van der Waals surface area contributed by atoms with E-state index in [1.165, 1.54) is 11.3 Å². The zero-order valence-corrected chi connectivity index (χ0v) is 20.3. The number of nitrogens with zero attached hydrogens (tertiary/aromatic N) is 2. The van der Waals surface area contributed by atoms with Crippen LogP contribution in [-0.4, -0.2) is 17.9 Å². The van der Waals surface area contributed by atoms with Crippen LogP contribution in [0.5, 0.6) is 0 Å². The van der Waals surface area contributed by atoms with Gasteiger partial charge in [0.1, 0.15) is 0 Å². The van der Waals surface area contributed by atoms with Crippen molar-refractivity contribution < 1.29 is 9.59 Å². The molecule has 2 heterocycles. The summed E-state index contributed by atoms with van der Waals surface area (Å²) in [6, 6.07) is 19.0. The van der Waals surface area contributed by atoms with Gasteiger partial charge in [0.25, 0.3) is 5.91 Å². The molecule has 1 aliphatic heterocycles. The smallest absolute Gasteiger partial charge is 0.268 e. The second kappa shape index (κ2) is 9.08. The predicted octanol–water partition coefficient (Wildman–Crippen LogP) is 6.88. The van der Waals surface area contributed by atoms with E-state index in [4.69, 9.17) is 11.6 Å². The Hall–Kier alpha value is -2.63. The van der Waals surface area contributed by atoms with Gasteiger partial charge < -0.3 is 9.80 Å². The lowest BCUT2D eigenvalue weighted by Crippen LogP contribution is -2.48. The van der Waals surface area contributed by atoms with E-state index < -0.39 is 0 Å². The number of fused-ring (bicyclic) bond motifs is 1. The van der Waals surface area contributed by atoms with E-state index in [2.05, 4.69) is 6.92 Å². The number of para-hydroxylation sites is 1. The molecule has 0 bridgehead atoms. The van der Waals surface area contributed by atoms with Crippen LogP contribution in [0.15, 0.2) is 60.7 Å². The Morgan fingerprint density at radius 1 is 1.06 bits per heavy atom. The van der Waals surface area contributed by atoms with E-state index in [1.807, 2.05) is 91.2 Å². The maximum atomic E-state index is 13.5. The molecule has 0 spiro atoms. The first-order chi connectivity index (χ1) is 15.3. The molecule has 166 valence electrons.